The van der Waals surface area contributed by atoms with E-state index in [-0.39, 0.29) is 47.3 Å². The maximum absolute atomic E-state index is 12.8. The SMILES string of the molecule is CC(C)CC(=O)NO[C@H](CC(C)C)C(=O)Nc1ccc(NC(=O)[C@@H](CC(C)C)ONC(=O)CC(C)C)cc1. The van der Waals surface area contributed by atoms with Gasteiger partial charge < -0.3 is 10.6 Å². The maximum Gasteiger partial charge on any atom is 0.256 e. The second-order valence-corrected chi connectivity index (χ2v) is 11.3. The number of rotatable bonds is 16. The van der Waals surface area contributed by atoms with Crippen molar-refractivity contribution in [1.29, 1.82) is 0 Å². The summed E-state index contributed by atoms with van der Waals surface area (Å²) in [5.41, 5.74) is 5.78. The first-order valence-electron chi connectivity index (χ1n) is 13.4. The van der Waals surface area contributed by atoms with Gasteiger partial charge in [-0.1, -0.05) is 55.4 Å². The van der Waals surface area contributed by atoms with Crippen molar-refractivity contribution in [1.82, 2.24) is 11.0 Å². The van der Waals surface area contributed by atoms with Gasteiger partial charge in [-0.3, -0.25) is 28.9 Å². The Balaban J connectivity index is 2.76. The van der Waals surface area contributed by atoms with Crippen molar-refractivity contribution < 1.29 is 28.9 Å². The third kappa shape index (κ3) is 14.1. The molecule has 0 spiro atoms. The summed E-state index contributed by atoms with van der Waals surface area (Å²) >= 11 is 0. The molecule has 0 heterocycles. The van der Waals surface area contributed by atoms with Crippen molar-refractivity contribution in [3.63, 3.8) is 0 Å². The molecule has 38 heavy (non-hydrogen) atoms. The van der Waals surface area contributed by atoms with Gasteiger partial charge in [0, 0.05) is 24.2 Å². The summed E-state index contributed by atoms with van der Waals surface area (Å²) in [6, 6.07) is 6.61. The monoisotopic (exact) mass is 534 g/mol. The zero-order chi connectivity index (χ0) is 28.8. The van der Waals surface area contributed by atoms with Crippen molar-refractivity contribution in [3.05, 3.63) is 24.3 Å². The quantitative estimate of drug-likeness (QED) is 0.229. The fourth-order valence-corrected chi connectivity index (χ4v) is 3.45. The molecule has 1 aromatic carbocycles. The van der Waals surface area contributed by atoms with Gasteiger partial charge in [0.05, 0.1) is 0 Å². The zero-order valence-corrected chi connectivity index (χ0v) is 24.1. The number of hydrogen-bond acceptors (Lipinski definition) is 6. The molecule has 0 aliphatic rings. The molecule has 0 aliphatic heterocycles. The number of nitrogens with one attached hydrogen (secondary N) is 4. The summed E-state index contributed by atoms with van der Waals surface area (Å²) in [4.78, 5) is 60.4. The van der Waals surface area contributed by atoms with Gasteiger partial charge in [-0.2, -0.15) is 0 Å². The molecule has 0 fully saturated rings. The van der Waals surface area contributed by atoms with Crippen molar-refractivity contribution in [2.24, 2.45) is 23.7 Å². The van der Waals surface area contributed by atoms with Crippen molar-refractivity contribution >= 4 is 35.0 Å². The normalized spacial score (nSPS) is 12.9. The van der Waals surface area contributed by atoms with Crippen molar-refractivity contribution in [2.45, 2.75) is 93.3 Å². The first-order chi connectivity index (χ1) is 17.8. The number of amides is 4. The molecule has 214 valence electrons. The summed E-state index contributed by atoms with van der Waals surface area (Å²) in [6.45, 7) is 15.5. The minimum atomic E-state index is -0.856. The van der Waals surface area contributed by atoms with E-state index in [1.807, 2.05) is 55.4 Å². The molecule has 0 unspecified atom stereocenters. The Bertz CT molecular complexity index is 826. The van der Waals surface area contributed by atoms with Gasteiger partial charge in [0.15, 0.2) is 12.2 Å². The molecule has 4 N–H and O–H groups in total. The Morgan fingerprint density at radius 1 is 0.579 bits per heavy atom. The van der Waals surface area contributed by atoms with E-state index in [0.29, 0.717) is 37.1 Å². The van der Waals surface area contributed by atoms with Crippen LogP contribution in [-0.2, 0) is 28.9 Å². The molecular formula is C28H46N4O6. The number of hydrogen-bond donors (Lipinski definition) is 4. The van der Waals surface area contributed by atoms with Gasteiger partial charge in [0.1, 0.15) is 0 Å². The molecular weight excluding hydrogens is 488 g/mol. The summed E-state index contributed by atoms with van der Waals surface area (Å²) in [5, 5.41) is 5.58. The van der Waals surface area contributed by atoms with Gasteiger partial charge in [0.2, 0.25) is 11.8 Å². The van der Waals surface area contributed by atoms with E-state index in [1.165, 1.54) is 0 Å². The highest BCUT2D eigenvalue weighted by Gasteiger charge is 2.24. The smallest absolute Gasteiger partial charge is 0.256 e. The van der Waals surface area contributed by atoms with Crippen molar-refractivity contribution in [3.8, 4) is 0 Å². The molecule has 0 saturated carbocycles. The molecule has 0 aromatic heterocycles. The molecule has 0 aliphatic carbocycles. The summed E-state index contributed by atoms with van der Waals surface area (Å²) < 4.78 is 0. The van der Waals surface area contributed by atoms with Crippen LogP contribution in [-0.4, -0.2) is 35.8 Å². The second kappa shape index (κ2) is 16.8. The Morgan fingerprint density at radius 2 is 0.895 bits per heavy atom. The summed E-state index contributed by atoms with van der Waals surface area (Å²) in [5.74, 6) is -0.646. The van der Waals surface area contributed by atoms with Crippen LogP contribution in [0.2, 0.25) is 0 Å². The standard InChI is InChI=1S/C28H46N4O6/c1-17(2)13-23(37-31-25(33)15-19(5)6)27(35)29-21-9-11-22(12-10-21)30-28(36)24(14-18(3)4)38-32-26(34)16-20(7)8/h9-12,17-20,23-24H,13-16H2,1-8H3,(H,29,35)(H,30,36)(H,31,33)(H,32,34)/t23-,24-/m1/s1. The number of carbonyl (C=O) groups excluding carboxylic acids is 4. The third-order valence-corrected chi connectivity index (χ3v) is 5.19. The number of anilines is 2. The molecule has 2 atom stereocenters. The minimum Gasteiger partial charge on any atom is -0.324 e. The highest BCUT2D eigenvalue weighted by molar-refractivity contribution is 5.96. The van der Waals surface area contributed by atoms with E-state index < -0.39 is 12.2 Å². The largest absolute Gasteiger partial charge is 0.324 e. The van der Waals surface area contributed by atoms with E-state index in [2.05, 4.69) is 21.6 Å². The molecule has 0 saturated heterocycles. The first-order valence-corrected chi connectivity index (χ1v) is 13.4. The second-order valence-electron chi connectivity index (χ2n) is 11.3. The number of benzene rings is 1. The van der Waals surface area contributed by atoms with Crippen LogP contribution in [0.25, 0.3) is 0 Å². The Labute approximate surface area is 226 Å². The van der Waals surface area contributed by atoms with Gasteiger partial charge in [0.25, 0.3) is 11.8 Å². The van der Waals surface area contributed by atoms with Gasteiger partial charge in [-0.25, -0.2) is 11.0 Å². The lowest BCUT2D eigenvalue weighted by Gasteiger charge is -2.20. The van der Waals surface area contributed by atoms with Gasteiger partial charge in [-0.15, -0.1) is 0 Å². The molecule has 10 heteroatoms. The molecule has 1 aromatic rings. The van der Waals surface area contributed by atoms with Gasteiger partial charge >= 0.3 is 0 Å². The number of carbonyl (C=O) groups is 4. The van der Waals surface area contributed by atoms with Crippen LogP contribution in [0, 0.1) is 23.7 Å². The predicted molar refractivity (Wildman–Crippen MR) is 148 cm³/mol. The van der Waals surface area contributed by atoms with Crippen LogP contribution in [0.5, 0.6) is 0 Å². The lowest BCUT2D eigenvalue weighted by molar-refractivity contribution is -0.148. The fourth-order valence-electron chi connectivity index (χ4n) is 3.45. The number of hydroxylamine groups is 2. The third-order valence-electron chi connectivity index (χ3n) is 5.19. The lowest BCUT2D eigenvalue weighted by atomic mass is 10.1. The Hall–Kier alpha value is -2.98. The molecule has 0 radical (unpaired) electrons. The highest BCUT2D eigenvalue weighted by Crippen LogP contribution is 2.17. The van der Waals surface area contributed by atoms with Crippen LogP contribution in [0.15, 0.2) is 24.3 Å². The van der Waals surface area contributed by atoms with Gasteiger partial charge in [-0.05, 0) is 60.8 Å². The average Bonchev–Trinajstić information content (AvgIpc) is 2.79. The lowest BCUT2D eigenvalue weighted by Crippen LogP contribution is -2.39. The van der Waals surface area contributed by atoms with Crippen molar-refractivity contribution in [2.75, 3.05) is 10.6 Å². The van der Waals surface area contributed by atoms with E-state index >= 15 is 0 Å². The molecule has 10 nitrogen and oxygen atoms in total. The Morgan fingerprint density at radius 3 is 1.16 bits per heavy atom. The average molecular weight is 535 g/mol. The topological polar surface area (TPSA) is 135 Å². The first kappa shape index (κ1) is 33.0. The van der Waals surface area contributed by atoms with Crippen LogP contribution < -0.4 is 21.6 Å². The van der Waals surface area contributed by atoms with Crippen LogP contribution in [0.4, 0.5) is 11.4 Å². The van der Waals surface area contributed by atoms with Crippen LogP contribution >= 0.6 is 0 Å². The van der Waals surface area contributed by atoms with Crippen LogP contribution in [0.3, 0.4) is 0 Å². The summed E-state index contributed by atoms with van der Waals surface area (Å²) in [7, 11) is 0. The van der Waals surface area contributed by atoms with E-state index in [9.17, 15) is 19.2 Å². The highest BCUT2D eigenvalue weighted by atomic mass is 16.7. The minimum absolute atomic E-state index is 0.168. The maximum atomic E-state index is 12.8. The zero-order valence-electron chi connectivity index (χ0n) is 24.1. The molecule has 4 amide bonds. The fraction of sp³-hybridized carbons (Fsp3) is 0.643. The Kier molecular flexibility index (Phi) is 14.6. The van der Waals surface area contributed by atoms with E-state index in [1.54, 1.807) is 24.3 Å². The molecule has 0 bridgehead atoms. The van der Waals surface area contributed by atoms with E-state index in [4.69, 9.17) is 9.68 Å². The molecule has 1 rings (SSSR count). The summed E-state index contributed by atoms with van der Waals surface area (Å²) in [6.07, 6.45) is -0.261. The van der Waals surface area contributed by atoms with Crippen LogP contribution in [0.1, 0.15) is 81.1 Å². The predicted octanol–water partition coefficient (Wildman–Crippen LogP) is 4.58. The van der Waals surface area contributed by atoms with E-state index in [0.717, 1.165) is 0 Å².